The SMILES string of the molecule is Cc1noc(C)c1-c1csc2c(N3CCOC[C@H]3C)nc(-c3cccc4[nH]ccc34)nc12. The Kier molecular flexibility index (Phi) is 4.51. The molecule has 162 valence electrons. The van der Waals surface area contributed by atoms with E-state index in [-0.39, 0.29) is 6.04 Å². The standard InChI is InChI=1S/C24H23N5O2S/c1-13-11-30-10-9-29(13)24-22-21(18(12-32-22)20-14(2)28-31-15(20)3)26-23(27-24)17-5-4-6-19-16(17)7-8-25-19/h4-8,12-13,25H,9-11H2,1-3H3/t13-/m1/s1. The van der Waals surface area contributed by atoms with Crippen LogP contribution in [0.1, 0.15) is 18.4 Å². The van der Waals surface area contributed by atoms with E-state index in [0.717, 1.165) is 67.5 Å². The van der Waals surface area contributed by atoms with Gasteiger partial charge in [0.2, 0.25) is 0 Å². The highest BCUT2D eigenvalue weighted by Gasteiger charge is 2.27. The van der Waals surface area contributed by atoms with Gasteiger partial charge in [-0.05, 0) is 32.9 Å². The predicted molar refractivity (Wildman–Crippen MR) is 127 cm³/mol. The lowest BCUT2D eigenvalue weighted by Gasteiger charge is -2.34. The molecule has 1 saturated heterocycles. The monoisotopic (exact) mass is 445 g/mol. The Morgan fingerprint density at radius 2 is 2.06 bits per heavy atom. The lowest BCUT2D eigenvalue weighted by Crippen LogP contribution is -2.44. The van der Waals surface area contributed by atoms with Crippen LogP contribution in [-0.4, -0.2) is 45.9 Å². The van der Waals surface area contributed by atoms with E-state index in [2.05, 4.69) is 45.5 Å². The van der Waals surface area contributed by atoms with E-state index in [1.807, 2.05) is 26.1 Å². The first kappa shape index (κ1) is 19.5. The molecule has 8 heteroatoms. The van der Waals surface area contributed by atoms with E-state index in [9.17, 15) is 0 Å². The summed E-state index contributed by atoms with van der Waals surface area (Å²) in [6.45, 7) is 8.30. The molecule has 1 aliphatic heterocycles. The third kappa shape index (κ3) is 2.94. The third-order valence-electron chi connectivity index (χ3n) is 6.18. The normalized spacial score (nSPS) is 17.0. The molecule has 1 fully saturated rings. The fourth-order valence-electron chi connectivity index (χ4n) is 4.59. The Morgan fingerprint density at radius 3 is 2.88 bits per heavy atom. The maximum Gasteiger partial charge on any atom is 0.162 e. The Labute approximate surface area is 189 Å². The summed E-state index contributed by atoms with van der Waals surface area (Å²) in [5.74, 6) is 2.50. The van der Waals surface area contributed by atoms with Crippen LogP contribution in [0.25, 0.3) is 43.6 Å². The average Bonchev–Trinajstić information content (AvgIpc) is 3.52. The van der Waals surface area contributed by atoms with Gasteiger partial charge in [-0.25, -0.2) is 9.97 Å². The number of rotatable bonds is 3. The van der Waals surface area contributed by atoms with E-state index >= 15 is 0 Å². The van der Waals surface area contributed by atoms with E-state index < -0.39 is 0 Å². The molecule has 1 N–H and O–H groups in total. The summed E-state index contributed by atoms with van der Waals surface area (Å²) in [7, 11) is 0. The number of hydrogen-bond acceptors (Lipinski definition) is 7. The number of anilines is 1. The molecule has 0 amide bonds. The zero-order valence-electron chi connectivity index (χ0n) is 18.2. The number of thiophene rings is 1. The van der Waals surface area contributed by atoms with Gasteiger partial charge in [-0.2, -0.15) is 0 Å². The van der Waals surface area contributed by atoms with Gasteiger partial charge in [-0.1, -0.05) is 17.3 Å². The van der Waals surface area contributed by atoms with Gasteiger partial charge in [0, 0.05) is 40.2 Å². The van der Waals surface area contributed by atoms with Crippen LogP contribution in [0.5, 0.6) is 0 Å². The van der Waals surface area contributed by atoms with Crippen LogP contribution in [0.15, 0.2) is 40.4 Å². The Morgan fingerprint density at radius 1 is 1.16 bits per heavy atom. The number of nitrogens with zero attached hydrogens (tertiary/aromatic N) is 4. The van der Waals surface area contributed by atoms with Gasteiger partial charge in [0.05, 0.1) is 40.7 Å². The predicted octanol–water partition coefficient (Wildman–Crippen LogP) is 5.34. The molecular weight excluding hydrogens is 422 g/mol. The molecule has 0 spiro atoms. The fraction of sp³-hybridized carbons (Fsp3) is 0.292. The molecular formula is C24H23N5O2S. The van der Waals surface area contributed by atoms with Gasteiger partial charge >= 0.3 is 0 Å². The Balaban J connectivity index is 1.65. The molecule has 5 aromatic rings. The number of aromatic nitrogens is 4. The van der Waals surface area contributed by atoms with Crippen LogP contribution >= 0.6 is 11.3 Å². The van der Waals surface area contributed by atoms with Crippen molar-refractivity contribution in [2.24, 2.45) is 0 Å². The number of benzene rings is 1. The highest BCUT2D eigenvalue weighted by molar-refractivity contribution is 7.18. The number of fused-ring (bicyclic) bond motifs is 2. The molecule has 7 nitrogen and oxygen atoms in total. The van der Waals surface area contributed by atoms with Crippen molar-refractivity contribution < 1.29 is 9.26 Å². The van der Waals surface area contributed by atoms with Crippen molar-refractivity contribution >= 4 is 38.3 Å². The molecule has 32 heavy (non-hydrogen) atoms. The molecule has 6 rings (SSSR count). The lowest BCUT2D eigenvalue weighted by molar-refractivity contribution is 0.0987. The fourth-order valence-corrected chi connectivity index (χ4v) is 5.59. The summed E-state index contributed by atoms with van der Waals surface area (Å²) in [6.07, 6.45) is 1.96. The largest absolute Gasteiger partial charge is 0.377 e. The summed E-state index contributed by atoms with van der Waals surface area (Å²) >= 11 is 1.68. The molecule has 0 unspecified atom stereocenters. The van der Waals surface area contributed by atoms with Gasteiger partial charge in [-0.3, -0.25) is 0 Å². The molecule has 1 atom stereocenters. The van der Waals surface area contributed by atoms with Crippen LogP contribution in [0, 0.1) is 13.8 Å². The maximum atomic E-state index is 5.70. The van der Waals surface area contributed by atoms with Crippen molar-refractivity contribution in [1.82, 2.24) is 20.1 Å². The topological polar surface area (TPSA) is 80.1 Å². The molecule has 0 bridgehead atoms. The second-order valence-corrected chi connectivity index (χ2v) is 9.14. The zero-order valence-corrected chi connectivity index (χ0v) is 19.0. The highest BCUT2D eigenvalue weighted by atomic mass is 32.1. The zero-order chi connectivity index (χ0) is 21.8. The summed E-state index contributed by atoms with van der Waals surface area (Å²) in [5, 5.41) is 7.44. The van der Waals surface area contributed by atoms with E-state index in [0.29, 0.717) is 13.2 Å². The van der Waals surface area contributed by atoms with Gasteiger partial charge in [-0.15, -0.1) is 11.3 Å². The molecule has 0 radical (unpaired) electrons. The van der Waals surface area contributed by atoms with Crippen molar-refractivity contribution in [3.63, 3.8) is 0 Å². The summed E-state index contributed by atoms with van der Waals surface area (Å²) < 4.78 is 12.3. The molecule has 5 heterocycles. The van der Waals surface area contributed by atoms with E-state index in [4.69, 9.17) is 19.2 Å². The third-order valence-corrected chi connectivity index (χ3v) is 7.14. The van der Waals surface area contributed by atoms with Crippen molar-refractivity contribution in [3.05, 3.63) is 47.3 Å². The number of H-pyrrole nitrogens is 1. The first-order chi connectivity index (χ1) is 15.6. The number of morpholine rings is 1. The number of ether oxygens (including phenoxy) is 1. The molecule has 1 aromatic carbocycles. The summed E-state index contributed by atoms with van der Waals surface area (Å²) in [4.78, 5) is 15.9. The molecule has 0 aliphatic carbocycles. The molecule has 4 aromatic heterocycles. The van der Waals surface area contributed by atoms with Crippen LogP contribution in [0.4, 0.5) is 5.82 Å². The minimum absolute atomic E-state index is 0.238. The first-order valence-electron chi connectivity index (χ1n) is 10.7. The smallest absolute Gasteiger partial charge is 0.162 e. The van der Waals surface area contributed by atoms with E-state index in [1.165, 1.54) is 0 Å². The second kappa shape index (κ2) is 7.43. The van der Waals surface area contributed by atoms with Crippen LogP contribution in [-0.2, 0) is 4.74 Å². The first-order valence-corrected chi connectivity index (χ1v) is 11.6. The van der Waals surface area contributed by atoms with Crippen molar-refractivity contribution in [3.8, 4) is 22.5 Å². The summed E-state index contributed by atoms with van der Waals surface area (Å²) in [5.41, 5.74) is 5.97. The maximum absolute atomic E-state index is 5.70. The Hall–Kier alpha value is -3.23. The van der Waals surface area contributed by atoms with Crippen LogP contribution in [0.3, 0.4) is 0 Å². The number of nitrogens with one attached hydrogen (secondary N) is 1. The minimum Gasteiger partial charge on any atom is -0.377 e. The lowest BCUT2D eigenvalue weighted by atomic mass is 10.1. The van der Waals surface area contributed by atoms with Gasteiger partial charge in [0.25, 0.3) is 0 Å². The second-order valence-electron chi connectivity index (χ2n) is 8.26. The van der Waals surface area contributed by atoms with Crippen molar-refractivity contribution in [1.29, 1.82) is 0 Å². The average molecular weight is 446 g/mol. The van der Waals surface area contributed by atoms with E-state index in [1.54, 1.807) is 11.3 Å². The van der Waals surface area contributed by atoms with Gasteiger partial charge in [0.15, 0.2) is 11.6 Å². The molecule has 1 aliphatic rings. The van der Waals surface area contributed by atoms with Crippen molar-refractivity contribution in [2.75, 3.05) is 24.7 Å². The highest BCUT2D eigenvalue weighted by Crippen LogP contribution is 2.42. The number of aryl methyl sites for hydroxylation is 2. The number of hydrogen-bond donors (Lipinski definition) is 1. The minimum atomic E-state index is 0.238. The Bertz CT molecular complexity index is 1430. The van der Waals surface area contributed by atoms with Gasteiger partial charge < -0.3 is 19.1 Å². The van der Waals surface area contributed by atoms with Crippen LogP contribution < -0.4 is 4.90 Å². The van der Waals surface area contributed by atoms with Gasteiger partial charge in [0.1, 0.15) is 5.76 Å². The molecule has 0 saturated carbocycles. The van der Waals surface area contributed by atoms with Crippen molar-refractivity contribution in [2.45, 2.75) is 26.8 Å². The van der Waals surface area contributed by atoms with Crippen LogP contribution in [0.2, 0.25) is 0 Å². The quantitative estimate of drug-likeness (QED) is 0.404. The summed E-state index contributed by atoms with van der Waals surface area (Å²) in [6, 6.07) is 8.52. The number of aromatic amines is 1.